The molecule has 3 N–H and O–H groups in total. The number of hydrogen-bond donors (Lipinski definition) is 3. The molecule has 3 rings (SSSR count). The van der Waals surface area contributed by atoms with Crippen LogP contribution in [0.2, 0.25) is 0 Å². The van der Waals surface area contributed by atoms with Crippen molar-refractivity contribution in [1.29, 1.82) is 0 Å². The molecule has 0 bridgehead atoms. The van der Waals surface area contributed by atoms with Crippen molar-refractivity contribution < 1.29 is 14.6 Å². The van der Waals surface area contributed by atoms with Crippen LogP contribution in [0.15, 0.2) is 29.7 Å². The Hall–Kier alpha value is -1.46. The molecule has 1 aromatic carbocycles. The molecule has 29 heavy (non-hydrogen) atoms. The lowest BCUT2D eigenvalue weighted by Crippen LogP contribution is -2.40. The number of hydrogen-bond acceptors (Lipinski definition) is 9. The lowest BCUT2D eigenvalue weighted by atomic mass is 10.2. The number of H-pyrrole nitrogens is 1. The lowest BCUT2D eigenvalue weighted by Gasteiger charge is -2.28. The molecule has 0 spiro atoms. The smallest absolute Gasteiger partial charge is 0.183 e. The van der Waals surface area contributed by atoms with Gasteiger partial charge < -0.3 is 19.9 Å². The second-order valence-corrected chi connectivity index (χ2v) is 8.99. The van der Waals surface area contributed by atoms with E-state index in [4.69, 9.17) is 9.47 Å². The number of benzene rings is 1. The van der Waals surface area contributed by atoms with E-state index in [2.05, 4.69) is 25.4 Å². The lowest BCUT2D eigenvalue weighted by molar-refractivity contribution is 0.0705. The standard InChI is InChI=1S/C19H29N5O3S2/c1-26-18-10-15(11-20-4-7-29-19-21-14-22-23-19)2-3-17(18)27-13-16(25)12-24-5-8-28-9-6-24/h2-3,10,14,16,20,25H,4-9,11-13H2,1H3,(H,21,22,23)/t16-/m0/s1. The van der Waals surface area contributed by atoms with Gasteiger partial charge in [-0.05, 0) is 17.7 Å². The average Bonchev–Trinajstić information content (AvgIpc) is 3.26. The predicted octanol–water partition coefficient (Wildman–Crippen LogP) is 1.48. The maximum atomic E-state index is 10.3. The largest absolute Gasteiger partial charge is 0.493 e. The van der Waals surface area contributed by atoms with Gasteiger partial charge in [-0.15, -0.1) is 0 Å². The van der Waals surface area contributed by atoms with Crippen LogP contribution in [0.4, 0.5) is 0 Å². The summed E-state index contributed by atoms with van der Waals surface area (Å²) in [5.41, 5.74) is 1.12. The number of aromatic nitrogens is 3. The highest BCUT2D eigenvalue weighted by Gasteiger charge is 2.16. The van der Waals surface area contributed by atoms with Gasteiger partial charge >= 0.3 is 0 Å². The van der Waals surface area contributed by atoms with Gasteiger partial charge in [0.15, 0.2) is 16.7 Å². The summed E-state index contributed by atoms with van der Waals surface area (Å²) in [5.74, 6) is 4.51. The molecule has 1 atom stereocenters. The Morgan fingerprint density at radius 2 is 2.21 bits per heavy atom. The van der Waals surface area contributed by atoms with Gasteiger partial charge in [-0.2, -0.15) is 16.9 Å². The Morgan fingerprint density at radius 3 is 2.97 bits per heavy atom. The molecule has 0 amide bonds. The zero-order chi connectivity index (χ0) is 20.3. The number of thioether (sulfide) groups is 2. The fourth-order valence-corrected chi connectivity index (χ4v) is 4.64. The highest BCUT2D eigenvalue weighted by molar-refractivity contribution is 7.99. The zero-order valence-corrected chi connectivity index (χ0v) is 18.3. The summed E-state index contributed by atoms with van der Waals surface area (Å²) in [5, 5.41) is 21.2. The van der Waals surface area contributed by atoms with Crippen molar-refractivity contribution in [2.45, 2.75) is 17.8 Å². The van der Waals surface area contributed by atoms with Crippen molar-refractivity contribution in [3.8, 4) is 11.5 Å². The summed E-state index contributed by atoms with van der Waals surface area (Å²) in [6.45, 7) is 4.57. The fraction of sp³-hybridized carbons (Fsp3) is 0.579. The number of ether oxygens (including phenoxy) is 2. The first-order chi connectivity index (χ1) is 14.2. The molecule has 1 aliphatic rings. The Kier molecular flexibility index (Phi) is 9.42. The first kappa shape index (κ1) is 22.2. The molecule has 0 unspecified atom stereocenters. The SMILES string of the molecule is COc1cc(CNCCSc2ncn[nH]2)ccc1OC[C@@H](O)CN1CCSCC1. The van der Waals surface area contributed by atoms with Crippen molar-refractivity contribution in [2.24, 2.45) is 0 Å². The first-order valence-electron chi connectivity index (χ1n) is 9.71. The molecule has 2 aromatic rings. The van der Waals surface area contributed by atoms with Gasteiger partial charge in [0.2, 0.25) is 0 Å². The first-order valence-corrected chi connectivity index (χ1v) is 11.9. The number of aromatic amines is 1. The predicted molar refractivity (Wildman–Crippen MR) is 117 cm³/mol. The molecule has 8 nitrogen and oxygen atoms in total. The Balaban J connectivity index is 1.39. The number of aliphatic hydroxyl groups is 1. The molecule has 0 saturated carbocycles. The van der Waals surface area contributed by atoms with Crippen LogP contribution in [0.25, 0.3) is 0 Å². The topological polar surface area (TPSA) is 95.5 Å². The third-order valence-corrected chi connectivity index (χ3v) is 6.29. The molecule has 0 aliphatic carbocycles. The number of β-amino-alcohol motifs (C(OH)–C–C–N with tert-alkyl or cyclic N) is 1. The maximum absolute atomic E-state index is 10.3. The van der Waals surface area contributed by atoms with E-state index in [1.54, 1.807) is 18.9 Å². The second kappa shape index (κ2) is 12.3. The van der Waals surface area contributed by atoms with Crippen molar-refractivity contribution >= 4 is 23.5 Å². The zero-order valence-electron chi connectivity index (χ0n) is 16.7. The van der Waals surface area contributed by atoms with Crippen LogP contribution in [0.3, 0.4) is 0 Å². The summed E-state index contributed by atoms with van der Waals surface area (Å²) < 4.78 is 11.3. The minimum atomic E-state index is -0.508. The van der Waals surface area contributed by atoms with E-state index in [0.29, 0.717) is 18.0 Å². The summed E-state index contributed by atoms with van der Waals surface area (Å²) in [6.07, 6.45) is 1.00. The van der Waals surface area contributed by atoms with E-state index < -0.39 is 6.10 Å². The van der Waals surface area contributed by atoms with E-state index in [1.807, 2.05) is 30.0 Å². The van der Waals surface area contributed by atoms with E-state index in [0.717, 1.165) is 54.2 Å². The van der Waals surface area contributed by atoms with E-state index in [-0.39, 0.29) is 6.61 Å². The highest BCUT2D eigenvalue weighted by Crippen LogP contribution is 2.28. The van der Waals surface area contributed by atoms with Crippen molar-refractivity contribution in [1.82, 2.24) is 25.4 Å². The Morgan fingerprint density at radius 1 is 1.34 bits per heavy atom. The molecule has 1 aliphatic heterocycles. The van der Waals surface area contributed by atoms with Crippen LogP contribution in [-0.2, 0) is 6.54 Å². The third kappa shape index (κ3) is 7.71. The molecular weight excluding hydrogens is 410 g/mol. The average molecular weight is 440 g/mol. The molecule has 2 heterocycles. The maximum Gasteiger partial charge on any atom is 0.183 e. The Bertz CT molecular complexity index is 714. The normalized spacial score (nSPS) is 15.9. The second-order valence-electron chi connectivity index (χ2n) is 6.68. The monoisotopic (exact) mass is 439 g/mol. The van der Waals surface area contributed by atoms with Gasteiger partial charge in [0, 0.05) is 50.0 Å². The third-order valence-electron chi connectivity index (χ3n) is 4.47. The fourth-order valence-electron chi connectivity index (χ4n) is 2.98. The minimum Gasteiger partial charge on any atom is -0.493 e. The number of methoxy groups -OCH3 is 1. The van der Waals surface area contributed by atoms with Crippen molar-refractivity contribution in [3.05, 3.63) is 30.1 Å². The van der Waals surface area contributed by atoms with Crippen molar-refractivity contribution in [2.75, 3.05) is 57.2 Å². The molecular formula is C19H29N5O3S2. The van der Waals surface area contributed by atoms with Crippen LogP contribution in [-0.4, -0.2) is 88.4 Å². The molecule has 1 saturated heterocycles. The van der Waals surface area contributed by atoms with Gasteiger partial charge in [0.25, 0.3) is 0 Å². The number of rotatable bonds is 12. The van der Waals surface area contributed by atoms with Gasteiger partial charge in [0.05, 0.1) is 7.11 Å². The van der Waals surface area contributed by atoms with E-state index in [9.17, 15) is 5.11 Å². The number of aliphatic hydroxyl groups excluding tert-OH is 1. The van der Waals surface area contributed by atoms with E-state index in [1.165, 1.54) is 6.33 Å². The Labute approximate surface area is 180 Å². The van der Waals surface area contributed by atoms with Crippen LogP contribution in [0.1, 0.15) is 5.56 Å². The summed E-state index contributed by atoms with van der Waals surface area (Å²) in [6, 6.07) is 5.90. The van der Waals surface area contributed by atoms with Crippen LogP contribution < -0.4 is 14.8 Å². The molecule has 160 valence electrons. The summed E-state index contributed by atoms with van der Waals surface area (Å²) >= 11 is 3.59. The summed E-state index contributed by atoms with van der Waals surface area (Å²) in [7, 11) is 1.63. The highest BCUT2D eigenvalue weighted by atomic mass is 32.2. The van der Waals surface area contributed by atoms with E-state index >= 15 is 0 Å². The number of nitrogens with zero attached hydrogens (tertiary/aromatic N) is 3. The minimum absolute atomic E-state index is 0.260. The molecule has 1 aromatic heterocycles. The van der Waals surface area contributed by atoms with Gasteiger partial charge in [0.1, 0.15) is 19.0 Å². The van der Waals surface area contributed by atoms with Gasteiger partial charge in [-0.1, -0.05) is 17.8 Å². The van der Waals surface area contributed by atoms with Crippen LogP contribution in [0.5, 0.6) is 11.5 Å². The molecule has 0 radical (unpaired) electrons. The number of nitrogens with one attached hydrogen (secondary N) is 2. The quantitative estimate of drug-likeness (QED) is 0.336. The van der Waals surface area contributed by atoms with Gasteiger partial charge in [-0.3, -0.25) is 10.00 Å². The van der Waals surface area contributed by atoms with Gasteiger partial charge in [-0.25, -0.2) is 4.98 Å². The van der Waals surface area contributed by atoms with Crippen molar-refractivity contribution in [3.63, 3.8) is 0 Å². The molecule has 1 fully saturated rings. The molecule has 10 heteroatoms. The van der Waals surface area contributed by atoms with Crippen LogP contribution >= 0.6 is 23.5 Å². The van der Waals surface area contributed by atoms with Crippen LogP contribution in [0, 0.1) is 0 Å². The summed E-state index contributed by atoms with van der Waals surface area (Å²) in [4.78, 5) is 6.37.